The van der Waals surface area contributed by atoms with Crippen LogP contribution in [0.4, 0.5) is 0 Å². The smallest absolute Gasteiger partial charge is 0.291 e. The summed E-state index contributed by atoms with van der Waals surface area (Å²) in [6, 6.07) is 12.0. The third kappa shape index (κ3) is 3.48. The lowest BCUT2D eigenvalue weighted by atomic mass is 9.91. The lowest BCUT2D eigenvalue weighted by Gasteiger charge is -2.25. The third-order valence-corrected chi connectivity index (χ3v) is 6.51. The fourth-order valence-electron chi connectivity index (χ4n) is 4.10. The highest BCUT2D eigenvalue weighted by atomic mass is 32.1. The number of carbonyl (C=O) groups excluding carboxylic acids is 3. The molecular weight excluding hydrogens is 414 g/mol. The molecule has 2 atom stereocenters. The van der Waals surface area contributed by atoms with E-state index < -0.39 is 29.4 Å². The molecule has 0 saturated carbocycles. The van der Waals surface area contributed by atoms with Crippen LogP contribution in [0.3, 0.4) is 0 Å². The van der Waals surface area contributed by atoms with Crippen molar-refractivity contribution < 1.29 is 18.8 Å². The highest BCUT2D eigenvalue weighted by molar-refractivity contribution is 7.10. The minimum atomic E-state index is -1.11. The highest BCUT2D eigenvalue weighted by Crippen LogP contribution is 2.40. The van der Waals surface area contributed by atoms with Gasteiger partial charge >= 0.3 is 0 Å². The summed E-state index contributed by atoms with van der Waals surface area (Å²) >= 11 is 1.44. The number of nitrogens with zero attached hydrogens (tertiary/aromatic N) is 3. The van der Waals surface area contributed by atoms with Crippen LogP contribution in [0.15, 0.2) is 71.0 Å². The van der Waals surface area contributed by atoms with E-state index in [1.807, 2.05) is 46.5 Å². The van der Waals surface area contributed by atoms with E-state index in [0.29, 0.717) is 25.1 Å². The van der Waals surface area contributed by atoms with E-state index in [4.69, 9.17) is 4.42 Å². The van der Waals surface area contributed by atoms with Crippen molar-refractivity contribution in [1.82, 2.24) is 14.5 Å². The van der Waals surface area contributed by atoms with E-state index in [1.54, 1.807) is 24.7 Å². The Morgan fingerprint density at radius 1 is 1.13 bits per heavy atom. The van der Waals surface area contributed by atoms with Gasteiger partial charge < -0.3 is 13.9 Å². The number of Topliss-reactive ketones (excluding diaryl/α,β-unsaturated/α-hetero) is 2. The SMILES string of the molecule is O=C1C(=O)N(CCCn2ccnc2)C(c2cccs2)C1C(=O)c1cc2ccccc2o1. The maximum atomic E-state index is 13.4. The van der Waals surface area contributed by atoms with Crippen LogP contribution >= 0.6 is 11.3 Å². The van der Waals surface area contributed by atoms with E-state index >= 15 is 0 Å². The monoisotopic (exact) mass is 433 g/mol. The number of aromatic nitrogens is 2. The van der Waals surface area contributed by atoms with E-state index in [2.05, 4.69) is 4.98 Å². The second-order valence-electron chi connectivity index (χ2n) is 7.47. The summed E-state index contributed by atoms with van der Waals surface area (Å²) in [6.45, 7) is 1.03. The summed E-state index contributed by atoms with van der Waals surface area (Å²) < 4.78 is 7.63. The van der Waals surface area contributed by atoms with E-state index in [1.165, 1.54) is 16.2 Å². The van der Waals surface area contributed by atoms with Crippen molar-refractivity contribution in [2.45, 2.75) is 19.0 Å². The normalized spacial score (nSPS) is 18.9. The zero-order valence-corrected chi connectivity index (χ0v) is 17.3. The zero-order chi connectivity index (χ0) is 21.4. The number of aryl methyl sites for hydroxylation is 1. The molecule has 3 aromatic heterocycles. The van der Waals surface area contributed by atoms with E-state index in [9.17, 15) is 14.4 Å². The molecule has 1 aromatic carbocycles. The number of thiophene rings is 1. The molecule has 1 aliphatic heterocycles. The van der Waals surface area contributed by atoms with Crippen molar-refractivity contribution in [3.63, 3.8) is 0 Å². The van der Waals surface area contributed by atoms with Crippen LogP contribution in [-0.2, 0) is 16.1 Å². The van der Waals surface area contributed by atoms with Crippen LogP contribution in [0.5, 0.6) is 0 Å². The third-order valence-electron chi connectivity index (χ3n) is 5.57. The van der Waals surface area contributed by atoms with Crippen molar-refractivity contribution >= 4 is 39.8 Å². The average Bonchev–Trinajstić information content (AvgIpc) is 3.57. The molecular formula is C23H19N3O4S. The van der Waals surface area contributed by atoms with Gasteiger partial charge in [-0.3, -0.25) is 14.4 Å². The predicted octanol–water partition coefficient (Wildman–Crippen LogP) is 3.73. The zero-order valence-electron chi connectivity index (χ0n) is 16.5. The van der Waals surface area contributed by atoms with Gasteiger partial charge in [-0.25, -0.2) is 4.98 Å². The number of fused-ring (bicyclic) bond motifs is 1. The summed E-state index contributed by atoms with van der Waals surface area (Å²) in [4.78, 5) is 45.6. The predicted molar refractivity (Wildman–Crippen MR) is 115 cm³/mol. The van der Waals surface area contributed by atoms with Crippen LogP contribution in [0.25, 0.3) is 11.0 Å². The molecule has 0 radical (unpaired) electrons. The van der Waals surface area contributed by atoms with Crippen LogP contribution < -0.4 is 0 Å². The molecule has 1 fully saturated rings. The minimum Gasteiger partial charge on any atom is -0.453 e. The second-order valence-corrected chi connectivity index (χ2v) is 8.45. The summed E-state index contributed by atoms with van der Waals surface area (Å²) in [5.74, 6) is -2.75. The minimum absolute atomic E-state index is 0.106. The molecule has 8 heteroatoms. The number of imidazole rings is 1. The van der Waals surface area contributed by atoms with Crippen molar-refractivity contribution in [1.29, 1.82) is 0 Å². The first kappa shape index (κ1) is 19.4. The molecule has 1 aliphatic rings. The number of ketones is 2. The van der Waals surface area contributed by atoms with Gasteiger partial charge in [0, 0.05) is 35.7 Å². The Bertz CT molecular complexity index is 1210. The quantitative estimate of drug-likeness (QED) is 0.252. The maximum absolute atomic E-state index is 13.4. The first-order valence-electron chi connectivity index (χ1n) is 10.0. The van der Waals surface area contributed by atoms with E-state index in [-0.39, 0.29) is 5.76 Å². The van der Waals surface area contributed by atoms with Crippen LogP contribution in [0, 0.1) is 5.92 Å². The van der Waals surface area contributed by atoms with Gasteiger partial charge in [-0.2, -0.15) is 0 Å². The van der Waals surface area contributed by atoms with Gasteiger partial charge in [-0.15, -0.1) is 11.3 Å². The van der Waals surface area contributed by atoms with Crippen molar-refractivity contribution in [2.75, 3.05) is 6.54 Å². The molecule has 0 bridgehead atoms. The van der Waals surface area contributed by atoms with Crippen molar-refractivity contribution in [2.24, 2.45) is 5.92 Å². The number of likely N-dealkylation sites (tertiary alicyclic amines) is 1. The molecule has 4 aromatic rings. The molecule has 1 amide bonds. The summed E-state index contributed by atoms with van der Waals surface area (Å²) in [5, 5.41) is 2.67. The number of carbonyl (C=O) groups is 3. The van der Waals surface area contributed by atoms with Gasteiger partial charge in [0.1, 0.15) is 11.5 Å². The first-order valence-corrected chi connectivity index (χ1v) is 10.9. The Kier molecular flexibility index (Phi) is 4.99. The fraction of sp³-hybridized carbons (Fsp3) is 0.217. The summed E-state index contributed by atoms with van der Waals surface area (Å²) in [6.07, 6.45) is 5.90. The molecule has 0 spiro atoms. The number of hydrogen-bond donors (Lipinski definition) is 0. The largest absolute Gasteiger partial charge is 0.453 e. The number of hydrogen-bond acceptors (Lipinski definition) is 6. The number of furan rings is 1. The Morgan fingerprint density at radius 3 is 2.74 bits per heavy atom. The number of benzene rings is 1. The second kappa shape index (κ2) is 7.96. The lowest BCUT2D eigenvalue weighted by molar-refractivity contribution is -0.140. The molecule has 5 rings (SSSR count). The highest BCUT2D eigenvalue weighted by Gasteiger charge is 2.52. The molecule has 0 aliphatic carbocycles. The Morgan fingerprint density at radius 2 is 2.00 bits per heavy atom. The number of amides is 1. The number of para-hydroxylation sites is 1. The van der Waals surface area contributed by atoms with Gasteiger partial charge in [0.05, 0.1) is 12.4 Å². The average molecular weight is 433 g/mol. The van der Waals surface area contributed by atoms with Crippen LogP contribution in [-0.4, -0.2) is 38.5 Å². The van der Waals surface area contributed by atoms with Gasteiger partial charge in [-0.1, -0.05) is 24.3 Å². The first-order chi connectivity index (χ1) is 15.1. The van der Waals surface area contributed by atoms with Gasteiger partial charge in [0.2, 0.25) is 11.6 Å². The molecule has 4 heterocycles. The maximum Gasteiger partial charge on any atom is 0.291 e. The molecule has 156 valence electrons. The summed E-state index contributed by atoms with van der Waals surface area (Å²) in [5.41, 5.74) is 0.576. The molecule has 2 unspecified atom stereocenters. The molecule has 7 nitrogen and oxygen atoms in total. The Labute approximate surface area is 181 Å². The topological polar surface area (TPSA) is 85.4 Å². The van der Waals surface area contributed by atoms with Crippen LogP contribution in [0.1, 0.15) is 27.9 Å². The van der Waals surface area contributed by atoms with E-state index in [0.717, 1.165) is 10.3 Å². The molecule has 31 heavy (non-hydrogen) atoms. The molecule has 0 N–H and O–H groups in total. The number of rotatable bonds is 7. The van der Waals surface area contributed by atoms with Gasteiger partial charge in [-0.05, 0) is 30.0 Å². The fourth-order valence-corrected chi connectivity index (χ4v) is 4.98. The Hall–Kier alpha value is -3.52. The Balaban J connectivity index is 1.45. The van der Waals surface area contributed by atoms with Gasteiger partial charge in [0.25, 0.3) is 5.91 Å². The van der Waals surface area contributed by atoms with Gasteiger partial charge in [0.15, 0.2) is 5.76 Å². The van der Waals surface area contributed by atoms with Crippen LogP contribution in [0.2, 0.25) is 0 Å². The van der Waals surface area contributed by atoms with Crippen molar-refractivity contribution in [3.05, 3.63) is 77.2 Å². The molecule has 1 saturated heterocycles. The standard InChI is InChI=1S/C23H19N3O4S/c27-21(17-13-15-5-1-2-6-16(15)30-17)19-20(18-7-3-12-31-18)26(23(29)22(19)28)10-4-9-25-11-8-24-14-25/h1-3,5-8,11-14,19-20H,4,9-10H2. The van der Waals surface area contributed by atoms with Crippen molar-refractivity contribution in [3.8, 4) is 0 Å². The summed E-state index contributed by atoms with van der Waals surface area (Å²) in [7, 11) is 0. The lowest BCUT2D eigenvalue weighted by Crippen LogP contribution is -2.31.